The Hall–Kier alpha value is -1.68. The summed E-state index contributed by atoms with van der Waals surface area (Å²) in [4.78, 5) is 4.17. The first-order valence-corrected chi connectivity index (χ1v) is 7.40. The molecule has 2 heterocycles. The fraction of sp³-hybridized carbons (Fsp3) is 0.500. The number of aromatic amines is 1. The summed E-state index contributed by atoms with van der Waals surface area (Å²) in [5.74, 6) is 0. The van der Waals surface area contributed by atoms with Crippen LogP contribution in [-0.2, 0) is 6.54 Å². The van der Waals surface area contributed by atoms with Gasteiger partial charge in [0.25, 0.3) is 0 Å². The van der Waals surface area contributed by atoms with Gasteiger partial charge in [0, 0.05) is 36.6 Å². The second-order valence-electron chi connectivity index (χ2n) is 6.13. The van der Waals surface area contributed by atoms with Crippen LogP contribution in [0.15, 0.2) is 30.7 Å². The van der Waals surface area contributed by atoms with E-state index in [-0.39, 0.29) is 0 Å². The lowest BCUT2D eigenvalue weighted by Crippen LogP contribution is -2.29. The standard InChI is InChI=1S/C16H22N4/c1-16(6-2-3-7-16)12-18-10-14-11-19-20-15(14)13-5-4-8-17-9-13/h4-5,8-9,11,18H,2-3,6-7,10,12H2,1H3,(H,19,20). The lowest BCUT2D eigenvalue weighted by molar-refractivity contribution is 0.315. The van der Waals surface area contributed by atoms with Crippen molar-refractivity contribution in [1.29, 1.82) is 0 Å². The maximum Gasteiger partial charge on any atom is 0.0710 e. The molecule has 106 valence electrons. The van der Waals surface area contributed by atoms with Gasteiger partial charge < -0.3 is 5.32 Å². The molecule has 0 saturated heterocycles. The van der Waals surface area contributed by atoms with Crippen molar-refractivity contribution in [1.82, 2.24) is 20.5 Å². The third-order valence-corrected chi connectivity index (χ3v) is 4.35. The maximum absolute atomic E-state index is 4.17. The molecular weight excluding hydrogens is 248 g/mol. The largest absolute Gasteiger partial charge is 0.312 e. The minimum Gasteiger partial charge on any atom is -0.312 e. The van der Waals surface area contributed by atoms with Gasteiger partial charge in [0.1, 0.15) is 0 Å². The van der Waals surface area contributed by atoms with Gasteiger partial charge in [-0.2, -0.15) is 5.10 Å². The number of nitrogens with one attached hydrogen (secondary N) is 2. The Morgan fingerprint density at radius 1 is 1.30 bits per heavy atom. The molecule has 2 N–H and O–H groups in total. The number of aromatic nitrogens is 3. The van der Waals surface area contributed by atoms with Gasteiger partial charge in [0.15, 0.2) is 0 Å². The zero-order valence-corrected chi connectivity index (χ0v) is 12.0. The van der Waals surface area contributed by atoms with Crippen LogP contribution in [0.3, 0.4) is 0 Å². The van der Waals surface area contributed by atoms with Gasteiger partial charge in [0.2, 0.25) is 0 Å². The molecule has 20 heavy (non-hydrogen) atoms. The van der Waals surface area contributed by atoms with Gasteiger partial charge in [-0.15, -0.1) is 0 Å². The summed E-state index contributed by atoms with van der Waals surface area (Å²) < 4.78 is 0. The zero-order valence-electron chi connectivity index (χ0n) is 12.0. The van der Waals surface area contributed by atoms with Crippen LogP contribution in [0, 0.1) is 5.41 Å². The second kappa shape index (κ2) is 5.75. The molecule has 1 aliphatic carbocycles. The van der Waals surface area contributed by atoms with Crippen molar-refractivity contribution in [2.24, 2.45) is 5.41 Å². The average Bonchev–Trinajstić information content (AvgIpc) is 3.10. The van der Waals surface area contributed by atoms with Crippen LogP contribution in [0.25, 0.3) is 11.3 Å². The van der Waals surface area contributed by atoms with E-state index in [0.29, 0.717) is 5.41 Å². The Morgan fingerprint density at radius 2 is 2.15 bits per heavy atom. The van der Waals surface area contributed by atoms with Gasteiger partial charge in [0.05, 0.1) is 11.9 Å². The molecule has 4 nitrogen and oxygen atoms in total. The molecule has 1 fully saturated rings. The normalized spacial score (nSPS) is 17.4. The van der Waals surface area contributed by atoms with Crippen LogP contribution >= 0.6 is 0 Å². The minimum absolute atomic E-state index is 0.484. The molecule has 0 amide bonds. The lowest BCUT2D eigenvalue weighted by Gasteiger charge is -2.23. The molecule has 3 rings (SSSR count). The summed E-state index contributed by atoms with van der Waals surface area (Å²) in [7, 11) is 0. The van der Waals surface area contributed by atoms with Gasteiger partial charge >= 0.3 is 0 Å². The molecule has 4 heteroatoms. The highest BCUT2D eigenvalue weighted by atomic mass is 15.1. The first-order valence-electron chi connectivity index (χ1n) is 7.40. The van der Waals surface area contributed by atoms with Crippen LogP contribution in [0.5, 0.6) is 0 Å². The van der Waals surface area contributed by atoms with Gasteiger partial charge in [-0.1, -0.05) is 19.8 Å². The summed E-state index contributed by atoms with van der Waals surface area (Å²) in [5, 5.41) is 10.9. The molecule has 1 aliphatic rings. The number of hydrogen-bond donors (Lipinski definition) is 2. The summed E-state index contributed by atoms with van der Waals surface area (Å²) in [6.07, 6.45) is 11.0. The highest BCUT2D eigenvalue weighted by Gasteiger charge is 2.27. The Bertz CT molecular complexity index is 541. The summed E-state index contributed by atoms with van der Waals surface area (Å²) in [6.45, 7) is 4.34. The molecule has 2 aromatic heterocycles. The molecule has 0 spiro atoms. The predicted molar refractivity (Wildman–Crippen MR) is 80.1 cm³/mol. The molecule has 0 bridgehead atoms. The van der Waals surface area contributed by atoms with E-state index in [9.17, 15) is 0 Å². The van der Waals surface area contributed by atoms with E-state index in [4.69, 9.17) is 0 Å². The monoisotopic (exact) mass is 270 g/mol. The summed E-state index contributed by atoms with van der Waals surface area (Å²) in [5.41, 5.74) is 3.86. The smallest absolute Gasteiger partial charge is 0.0710 e. The van der Waals surface area contributed by atoms with Crippen molar-refractivity contribution in [2.75, 3.05) is 6.54 Å². The summed E-state index contributed by atoms with van der Waals surface area (Å²) >= 11 is 0. The Balaban J connectivity index is 1.63. The first-order chi connectivity index (χ1) is 9.77. The second-order valence-corrected chi connectivity index (χ2v) is 6.13. The van der Waals surface area contributed by atoms with Crippen LogP contribution in [-0.4, -0.2) is 21.7 Å². The molecule has 2 aromatic rings. The minimum atomic E-state index is 0.484. The molecule has 0 aliphatic heterocycles. The van der Waals surface area contributed by atoms with E-state index in [2.05, 4.69) is 33.5 Å². The van der Waals surface area contributed by atoms with Crippen molar-refractivity contribution in [3.63, 3.8) is 0 Å². The number of rotatable bonds is 5. The quantitative estimate of drug-likeness (QED) is 0.877. The van der Waals surface area contributed by atoms with Crippen LogP contribution < -0.4 is 5.32 Å². The van der Waals surface area contributed by atoms with Crippen LogP contribution in [0.4, 0.5) is 0 Å². The van der Waals surface area contributed by atoms with E-state index in [1.165, 1.54) is 31.2 Å². The number of H-pyrrole nitrogens is 1. The Kier molecular flexibility index (Phi) is 3.83. The highest BCUT2D eigenvalue weighted by molar-refractivity contribution is 5.61. The topological polar surface area (TPSA) is 53.6 Å². The Labute approximate surface area is 120 Å². The number of pyridine rings is 1. The van der Waals surface area contributed by atoms with E-state index >= 15 is 0 Å². The van der Waals surface area contributed by atoms with E-state index < -0.39 is 0 Å². The maximum atomic E-state index is 4.17. The molecule has 1 saturated carbocycles. The molecule has 0 unspecified atom stereocenters. The van der Waals surface area contributed by atoms with Crippen molar-refractivity contribution in [3.8, 4) is 11.3 Å². The Morgan fingerprint density at radius 3 is 2.90 bits per heavy atom. The number of nitrogens with zero attached hydrogens (tertiary/aromatic N) is 2. The lowest BCUT2D eigenvalue weighted by atomic mass is 9.89. The summed E-state index contributed by atoms with van der Waals surface area (Å²) in [6, 6.07) is 4.01. The van der Waals surface area contributed by atoms with Crippen LogP contribution in [0.2, 0.25) is 0 Å². The van der Waals surface area contributed by atoms with Crippen molar-refractivity contribution >= 4 is 0 Å². The van der Waals surface area contributed by atoms with Crippen molar-refractivity contribution in [3.05, 3.63) is 36.3 Å². The van der Waals surface area contributed by atoms with Gasteiger partial charge in [-0.05, 0) is 30.4 Å². The van der Waals surface area contributed by atoms with E-state index in [1.54, 1.807) is 6.20 Å². The van der Waals surface area contributed by atoms with E-state index in [1.807, 2.05) is 18.5 Å². The van der Waals surface area contributed by atoms with Crippen molar-refractivity contribution in [2.45, 2.75) is 39.2 Å². The average molecular weight is 270 g/mol. The third kappa shape index (κ3) is 2.90. The van der Waals surface area contributed by atoms with Gasteiger partial charge in [-0.3, -0.25) is 10.1 Å². The fourth-order valence-electron chi connectivity index (χ4n) is 3.11. The molecule has 0 radical (unpaired) electrons. The van der Waals surface area contributed by atoms with Crippen LogP contribution in [0.1, 0.15) is 38.2 Å². The number of hydrogen-bond acceptors (Lipinski definition) is 3. The third-order valence-electron chi connectivity index (χ3n) is 4.35. The fourth-order valence-corrected chi connectivity index (χ4v) is 3.11. The molecular formula is C16H22N4. The molecule has 0 aromatic carbocycles. The van der Waals surface area contributed by atoms with E-state index in [0.717, 1.165) is 24.3 Å². The first kappa shape index (κ1) is 13.3. The van der Waals surface area contributed by atoms with Crippen molar-refractivity contribution < 1.29 is 0 Å². The van der Waals surface area contributed by atoms with Gasteiger partial charge in [-0.25, -0.2) is 0 Å². The zero-order chi connectivity index (χ0) is 13.8. The highest BCUT2D eigenvalue weighted by Crippen LogP contribution is 2.36. The predicted octanol–water partition coefficient (Wildman–Crippen LogP) is 3.14. The molecule has 0 atom stereocenters. The SMILES string of the molecule is CC1(CNCc2cn[nH]c2-c2cccnc2)CCCC1.